The van der Waals surface area contributed by atoms with Crippen molar-refractivity contribution in [3.8, 4) is 5.75 Å². The van der Waals surface area contributed by atoms with E-state index in [-0.39, 0.29) is 5.92 Å². The minimum Gasteiger partial charge on any atom is -0.494 e. The highest BCUT2D eigenvalue weighted by atomic mass is 16.5. The molecular weight excluding hydrogens is 256 g/mol. The van der Waals surface area contributed by atoms with E-state index in [1.54, 1.807) is 19.5 Å². The average molecular weight is 276 g/mol. The van der Waals surface area contributed by atoms with Crippen molar-refractivity contribution in [2.45, 2.75) is 19.3 Å². The van der Waals surface area contributed by atoms with Gasteiger partial charge in [0.05, 0.1) is 25.4 Å². The van der Waals surface area contributed by atoms with Crippen LogP contribution in [0.5, 0.6) is 5.75 Å². The van der Waals surface area contributed by atoms with E-state index >= 15 is 0 Å². The van der Waals surface area contributed by atoms with Gasteiger partial charge in [0.2, 0.25) is 11.9 Å². The third kappa shape index (κ3) is 2.55. The molecule has 0 aromatic carbocycles. The van der Waals surface area contributed by atoms with E-state index in [2.05, 4.69) is 14.9 Å². The molecule has 1 aromatic rings. The van der Waals surface area contributed by atoms with Gasteiger partial charge in [0.25, 0.3) is 0 Å². The molecule has 0 spiro atoms. The molecule has 2 aliphatic heterocycles. The van der Waals surface area contributed by atoms with Crippen LogP contribution in [0.4, 0.5) is 5.95 Å². The van der Waals surface area contributed by atoms with E-state index in [9.17, 15) is 4.79 Å². The molecule has 1 unspecified atom stereocenters. The summed E-state index contributed by atoms with van der Waals surface area (Å²) < 4.78 is 5.05. The van der Waals surface area contributed by atoms with Gasteiger partial charge in [0.15, 0.2) is 5.75 Å². The quantitative estimate of drug-likeness (QED) is 0.822. The fraction of sp³-hybridized carbons (Fsp3) is 0.643. The van der Waals surface area contributed by atoms with Crippen molar-refractivity contribution in [2.24, 2.45) is 5.92 Å². The number of hydrogen-bond donors (Lipinski definition) is 0. The van der Waals surface area contributed by atoms with Crippen LogP contribution in [0.2, 0.25) is 0 Å². The molecule has 1 atom stereocenters. The first-order chi connectivity index (χ1) is 9.78. The monoisotopic (exact) mass is 276 g/mol. The Labute approximate surface area is 118 Å². The molecule has 3 rings (SSSR count). The van der Waals surface area contributed by atoms with Crippen molar-refractivity contribution < 1.29 is 9.53 Å². The number of carbonyl (C=O) groups is 1. The number of likely N-dealkylation sites (tertiary alicyclic amines) is 1. The minimum atomic E-state index is 0.0961. The van der Waals surface area contributed by atoms with Crippen LogP contribution in [-0.4, -0.2) is 54.1 Å². The molecule has 0 bridgehead atoms. The normalized spacial score (nSPS) is 22.4. The summed E-state index contributed by atoms with van der Waals surface area (Å²) in [7, 11) is 1.60. The first kappa shape index (κ1) is 13.1. The van der Waals surface area contributed by atoms with E-state index in [0.717, 1.165) is 45.4 Å². The Morgan fingerprint density at radius 3 is 2.60 bits per heavy atom. The fourth-order valence-electron chi connectivity index (χ4n) is 2.92. The van der Waals surface area contributed by atoms with Crippen molar-refractivity contribution >= 4 is 11.9 Å². The van der Waals surface area contributed by atoms with Gasteiger partial charge in [-0.25, -0.2) is 9.97 Å². The van der Waals surface area contributed by atoms with E-state index in [0.29, 0.717) is 17.6 Å². The van der Waals surface area contributed by atoms with Crippen LogP contribution in [0.25, 0.3) is 0 Å². The zero-order valence-electron chi connectivity index (χ0n) is 11.8. The Bertz CT molecular complexity index is 471. The SMILES string of the molecule is COc1cnc(N2CCC(C(=O)N3CCCC3)C2)nc1. The first-order valence-electron chi connectivity index (χ1n) is 7.17. The number of rotatable bonds is 3. The molecule has 0 saturated carbocycles. The third-order valence-electron chi connectivity index (χ3n) is 4.09. The lowest BCUT2D eigenvalue weighted by atomic mass is 10.1. The molecule has 6 heteroatoms. The second-order valence-corrected chi connectivity index (χ2v) is 5.39. The number of carbonyl (C=O) groups excluding carboxylic acids is 1. The number of nitrogens with zero attached hydrogens (tertiary/aromatic N) is 4. The van der Waals surface area contributed by atoms with Crippen molar-refractivity contribution in [3.05, 3.63) is 12.4 Å². The topological polar surface area (TPSA) is 58.6 Å². The molecule has 6 nitrogen and oxygen atoms in total. The molecular formula is C14H20N4O2. The Balaban J connectivity index is 1.62. The summed E-state index contributed by atoms with van der Waals surface area (Å²) in [6.45, 7) is 3.42. The molecule has 108 valence electrons. The van der Waals surface area contributed by atoms with Crippen molar-refractivity contribution in [1.82, 2.24) is 14.9 Å². The lowest BCUT2D eigenvalue weighted by Gasteiger charge is -2.20. The highest BCUT2D eigenvalue weighted by Crippen LogP contribution is 2.24. The maximum Gasteiger partial charge on any atom is 0.227 e. The Kier molecular flexibility index (Phi) is 3.71. The standard InChI is InChI=1S/C14H20N4O2/c1-20-12-8-15-14(16-9-12)18-7-4-11(10-18)13(19)17-5-2-3-6-17/h8-9,11H,2-7,10H2,1H3. The molecule has 0 aliphatic carbocycles. The van der Waals surface area contributed by atoms with Gasteiger partial charge >= 0.3 is 0 Å². The Morgan fingerprint density at radius 1 is 1.25 bits per heavy atom. The van der Waals surface area contributed by atoms with Crippen molar-refractivity contribution in [1.29, 1.82) is 0 Å². The maximum absolute atomic E-state index is 12.4. The summed E-state index contributed by atoms with van der Waals surface area (Å²) in [5.41, 5.74) is 0. The number of hydrogen-bond acceptors (Lipinski definition) is 5. The highest BCUT2D eigenvalue weighted by molar-refractivity contribution is 5.80. The van der Waals surface area contributed by atoms with E-state index < -0.39 is 0 Å². The van der Waals surface area contributed by atoms with E-state index in [4.69, 9.17) is 4.74 Å². The predicted octanol–water partition coefficient (Wildman–Crippen LogP) is 0.934. The summed E-state index contributed by atoms with van der Waals surface area (Å²) in [4.78, 5) is 25.0. The number of ether oxygens (including phenoxy) is 1. The smallest absolute Gasteiger partial charge is 0.227 e. The van der Waals surface area contributed by atoms with E-state index in [1.165, 1.54) is 0 Å². The van der Waals surface area contributed by atoms with Gasteiger partial charge in [-0.05, 0) is 19.3 Å². The molecule has 3 heterocycles. The maximum atomic E-state index is 12.4. The predicted molar refractivity (Wildman–Crippen MR) is 74.7 cm³/mol. The van der Waals surface area contributed by atoms with Crippen LogP contribution >= 0.6 is 0 Å². The van der Waals surface area contributed by atoms with Crippen LogP contribution < -0.4 is 9.64 Å². The Hall–Kier alpha value is -1.85. The number of aromatic nitrogens is 2. The lowest BCUT2D eigenvalue weighted by Crippen LogP contribution is -2.35. The third-order valence-corrected chi connectivity index (χ3v) is 4.09. The highest BCUT2D eigenvalue weighted by Gasteiger charge is 2.33. The molecule has 2 saturated heterocycles. The van der Waals surface area contributed by atoms with Crippen LogP contribution in [0.1, 0.15) is 19.3 Å². The van der Waals surface area contributed by atoms with Crippen LogP contribution in [-0.2, 0) is 4.79 Å². The largest absolute Gasteiger partial charge is 0.494 e. The number of amides is 1. The molecule has 1 aromatic heterocycles. The van der Waals surface area contributed by atoms with Crippen LogP contribution in [0.15, 0.2) is 12.4 Å². The summed E-state index contributed by atoms with van der Waals surface area (Å²) in [5, 5.41) is 0. The van der Waals surface area contributed by atoms with Gasteiger partial charge in [-0.15, -0.1) is 0 Å². The molecule has 0 N–H and O–H groups in total. The molecule has 0 radical (unpaired) electrons. The van der Waals surface area contributed by atoms with Crippen LogP contribution in [0, 0.1) is 5.92 Å². The van der Waals surface area contributed by atoms with Crippen molar-refractivity contribution in [3.63, 3.8) is 0 Å². The summed E-state index contributed by atoms with van der Waals surface area (Å²) in [6, 6.07) is 0. The Morgan fingerprint density at radius 2 is 1.95 bits per heavy atom. The molecule has 2 aliphatic rings. The van der Waals surface area contributed by atoms with Gasteiger partial charge in [-0.1, -0.05) is 0 Å². The summed E-state index contributed by atoms with van der Waals surface area (Å²) in [5.74, 6) is 1.73. The minimum absolute atomic E-state index is 0.0961. The lowest BCUT2D eigenvalue weighted by molar-refractivity contribution is -0.133. The summed E-state index contributed by atoms with van der Waals surface area (Å²) >= 11 is 0. The molecule has 1 amide bonds. The van der Waals surface area contributed by atoms with Gasteiger partial charge in [-0.2, -0.15) is 0 Å². The first-order valence-corrected chi connectivity index (χ1v) is 7.17. The second kappa shape index (κ2) is 5.64. The van der Waals surface area contributed by atoms with Gasteiger partial charge in [0.1, 0.15) is 0 Å². The van der Waals surface area contributed by atoms with Gasteiger partial charge in [0, 0.05) is 26.2 Å². The molecule has 2 fully saturated rings. The van der Waals surface area contributed by atoms with E-state index in [1.807, 2.05) is 4.90 Å². The van der Waals surface area contributed by atoms with Crippen molar-refractivity contribution in [2.75, 3.05) is 38.2 Å². The van der Waals surface area contributed by atoms with Crippen LogP contribution in [0.3, 0.4) is 0 Å². The number of methoxy groups -OCH3 is 1. The van der Waals surface area contributed by atoms with Gasteiger partial charge < -0.3 is 14.5 Å². The zero-order valence-corrected chi connectivity index (χ0v) is 11.8. The molecule has 20 heavy (non-hydrogen) atoms. The zero-order chi connectivity index (χ0) is 13.9. The second-order valence-electron chi connectivity index (χ2n) is 5.39. The average Bonchev–Trinajstić information content (AvgIpc) is 3.18. The summed E-state index contributed by atoms with van der Waals surface area (Å²) in [6.07, 6.45) is 6.51. The fourth-order valence-corrected chi connectivity index (χ4v) is 2.92. The number of anilines is 1. The van der Waals surface area contributed by atoms with Gasteiger partial charge in [-0.3, -0.25) is 4.79 Å².